The summed E-state index contributed by atoms with van der Waals surface area (Å²) in [6, 6.07) is 31.9. The van der Waals surface area contributed by atoms with E-state index in [9.17, 15) is 0 Å². The first-order valence-corrected chi connectivity index (χ1v) is 30.7. The van der Waals surface area contributed by atoms with Crippen molar-refractivity contribution in [3.63, 3.8) is 0 Å². The second-order valence-electron chi connectivity index (χ2n) is 15.1. The molecule has 0 aromatic heterocycles. The average Bonchev–Trinajstić information content (AvgIpc) is 3.62. The van der Waals surface area contributed by atoms with Crippen LogP contribution in [0.2, 0.25) is 3.67 Å². The fourth-order valence-corrected chi connectivity index (χ4v) is 35.0. The molecule has 0 amide bonds. The number of aryl methyl sites for hydroxylation is 2. The predicted molar refractivity (Wildman–Crippen MR) is 190 cm³/mol. The van der Waals surface area contributed by atoms with Gasteiger partial charge in [0.15, 0.2) is 0 Å². The van der Waals surface area contributed by atoms with Gasteiger partial charge in [0, 0.05) is 0 Å². The fraction of sp³-hybridized carbons (Fsp3) is 0.293. The van der Waals surface area contributed by atoms with Gasteiger partial charge < -0.3 is 0 Å². The fourth-order valence-electron chi connectivity index (χ4n) is 7.20. The van der Waals surface area contributed by atoms with Gasteiger partial charge in [-0.2, -0.15) is 0 Å². The van der Waals surface area contributed by atoms with E-state index in [2.05, 4.69) is 165 Å². The molecule has 44 heavy (non-hydrogen) atoms. The van der Waals surface area contributed by atoms with Gasteiger partial charge in [-0.05, 0) is 0 Å². The Balaban J connectivity index is 1.81. The van der Waals surface area contributed by atoms with Crippen molar-refractivity contribution in [2.75, 3.05) is 0 Å². The van der Waals surface area contributed by atoms with Crippen molar-refractivity contribution >= 4 is 20.4 Å². The molecule has 4 aromatic carbocycles. The van der Waals surface area contributed by atoms with Gasteiger partial charge in [0.25, 0.3) is 0 Å². The zero-order valence-corrected chi connectivity index (χ0v) is 32.4. The Morgan fingerprint density at radius 2 is 0.955 bits per heavy atom. The molecule has 2 aliphatic carbocycles. The summed E-state index contributed by atoms with van der Waals surface area (Å²) in [4.78, 5) is 0. The van der Waals surface area contributed by atoms with Crippen LogP contribution in [0, 0.1) is 13.8 Å². The van der Waals surface area contributed by atoms with Crippen molar-refractivity contribution in [2.24, 2.45) is 0 Å². The molecule has 4 aromatic rings. The maximum atomic E-state index is 8.68. The molecular formula is C41H44Cl2Hf. The summed E-state index contributed by atoms with van der Waals surface area (Å²) in [6.07, 6.45) is 8.80. The third-order valence-electron chi connectivity index (χ3n) is 9.80. The Morgan fingerprint density at radius 3 is 1.32 bits per heavy atom. The summed E-state index contributed by atoms with van der Waals surface area (Å²) in [6.45, 7) is 18.0. The molecule has 6 rings (SSSR count). The predicted octanol–water partition coefficient (Wildman–Crippen LogP) is 12.1. The summed E-state index contributed by atoms with van der Waals surface area (Å²) in [5, 5.41) is 0. The molecule has 0 aliphatic heterocycles. The number of rotatable bonds is 4. The van der Waals surface area contributed by atoms with Crippen LogP contribution in [0.25, 0.3) is 11.1 Å². The van der Waals surface area contributed by atoms with E-state index in [1.54, 1.807) is 0 Å². The van der Waals surface area contributed by atoms with E-state index < -0.39 is 15.7 Å². The van der Waals surface area contributed by atoms with Gasteiger partial charge >= 0.3 is 274 Å². The summed E-state index contributed by atoms with van der Waals surface area (Å²) in [5.74, 6) is 0. The van der Waals surface area contributed by atoms with Crippen LogP contribution in [0.15, 0.2) is 109 Å². The molecule has 2 aliphatic rings. The number of hydrogen-bond donors (Lipinski definition) is 0. The van der Waals surface area contributed by atoms with E-state index in [0.29, 0.717) is 0 Å². The summed E-state index contributed by atoms with van der Waals surface area (Å²) < 4.78 is 0.981. The van der Waals surface area contributed by atoms with Crippen LogP contribution in [0.3, 0.4) is 0 Å². The van der Waals surface area contributed by atoms with E-state index in [0.717, 1.165) is 14.4 Å². The molecule has 226 valence electrons. The van der Waals surface area contributed by atoms with Crippen molar-refractivity contribution in [2.45, 2.75) is 73.6 Å². The SMILES string of the molecule is Cc1ccc([C](c2ccc(C)cc2)=[Hf]([Cl])([Cl])([CH]2C=CC=C2)[CH]2c3ccc(C(C)(C)C)cc3-c3cc(C(C)(C)C)ccc32)cc1. The Morgan fingerprint density at radius 1 is 0.568 bits per heavy atom. The second kappa shape index (κ2) is 10.9. The molecule has 0 bridgehead atoms. The topological polar surface area (TPSA) is 0 Å². The molecule has 0 heterocycles. The molecule has 0 atom stereocenters. The quantitative estimate of drug-likeness (QED) is 0.181. The van der Waals surface area contributed by atoms with E-state index >= 15 is 0 Å². The number of benzene rings is 4. The van der Waals surface area contributed by atoms with Gasteiger partial charge in [-0.15, -0.1) is 0 Å². The zero-order chi connectivity index (χ0) is 31.7. The minimum atomic E-state index is -5.48. The van der Waals surface area contributed by atoms with Gasteiger partial charge in [0.05, 0.1) is 0 Å². The third kappa shape index (κ3) is 5.22. The molecule has 0 nitrogen and oxygen atoms in total. The summed E-state index contributed by atoms with van der Waals surface area (Å²) >= 11 is -5.48. The first-order valence-electron chi connectivity index (χ1n) is 15.8. The van der Waals surface area contributed by atoms with Crippen LogP contribution in [0.4, 0.5) is 0 Å². The molecule has 0 unspecified atom stereocenters. The van der Waals surface area contributed by atoms with Crippen molar-refractivity contribution in [3.8, 4) is 11.1 Å². The number of halogens is 2. The van der Waals surface area contributed by atoms with Crippen LogP contribution in [0.5, 0.6) is 0 Å². The van der Waals surface area contributed by atoms with E-state index in [1.807, 2.05) is 0 Å². The van der Waals surface area contributed by atoms with E-state index in [1.165, 1.54) is 44.5 Å². The average molecular weight is 786 g/mol. The maximum absolute atomic E-state index is 8.68. The minimum absolute atomic E-state index is 0.0215. The Hall–Kier alpha value is -2.32. The molecule has 3 heteroatoms. The third-order valence-corrected chi connectivity index (χ3v) is 37.9. The van der Waals surface area contributed by atoms with Crippen LogP contribution >= 0.6 is 17.2 Å². The van der Waals surface area contributed by atoms with Crippen LogP contribution in [0.1, 0.15) is 89.7 Å². The van der Waals surface area contributed by atoms with Crippen molar-refractivity contribution in [1.82, 2.24) is 0 Å². The van der Waals surface area contributed by atoms with E-state index in [-0.39, 0.29) is 18.2 Å². The zero-order valence-electron chi connectivity index (χ0n) is 27.3. The molecular weight excluding hydrogens is 742 g/mol. The first kappa shape index (κ1) is 31.7. The van der Waals surface area contributed by atoms with Gasteiger partial charge in [0.2, 0.25) is 0 Å². The van der Waals surface area contributed by atoms with Crippen molar-refractivity contribution in [1.29, 1.82) is 0 Å². The standard InChI is InChI=1S/C21H25.C15H14.C5H5.2ClH.Hf/c1-20(2,3)16-9-7-14-11-15-8-10-17(21(4,5)6)13-19(15)18(14)12-16;1-12-3-7-14(8-4-12)11-15-9-5-13(2)6-10-15;1-2-4-5-3-1;;;/h7-13H,1-6H3;3-10H,1-2H3;1-5H;2*1H;/q;;;;;+2/p-2. The normalized spacial score (nSPS) is 15.5. The van der Waals surface area contributed by atoms with Gasteiger partial charge in [-0.25, -0.2) is 0 Å². The van der Waals surface area contributed by atoms with E-state index in [4.69, 9.17) is 17.2 Å². The van der Waals surface area contributed by atoms with Crippen LogP contribution < -0.4 is 0 Å². The van der Waals surface area contributed by atoms with Crippen molar-refractivity contribution in [3.05, 3.63) is 154 Å². The monoisotopic (exact) mass is 786 g/mol. The molecule has 0 radical (unpaired) electrons. The Kier molecular flexibility index (Phi) is 7.84. The Labute approximate surface area is 272 Å². The number of hydrogen-bond acceptors (Lipinski definition) is 0. The summed E-state index contributed by atoms with van der Waals surface area (Å²) in [7, 11) is 17.4. The molecule has 0 saturated heterocycles. The van der Waals surface area contributed by atoms with Crippen LogP contribution in [-0.4, -0.2) is 3.26 Å². The second-order valence-corrected chi connectivity index (χ2v) is 44.6. The van der Waals surface area contributed by atoms with Gasteiger partial charge in [0.1, 0.15) is 0 Å². The summed E-state index contributed by atoms with van der Waals surface area (Å²) in [5.41, 5.74) is 12.5. The first-order chi connectivity index (χ1) is 20.6. The molecule has 0 spiro atoms. The van der Waals surface area contributed by atoms with Gasteiger partial charge in [-0.3, -0.25) is 0 Å². The molecule has 0 saturated carbocycles. The molecule has 0 N–H and O–H groups in total. The van der Waals surface area contributed by atoms with Crippen molar-refractivity contribution < 1.29 is 15.7 Å². The molecule has 0 fully saturated rings. The Bertz CT molecular complexity index is 1760. The number of allylic oxidation sites excluding steroid dienone is 4. The van der Waals surface area contributed by atoms with Crippen LogP contribution in [-0.2, 0) is 26.5 Å². The van der Waals surface area contributed by atoms with Gasteiger partial charge in [-0.1, -0.05) is 0 Å². The number of fused-ring (bicyclic) bond motifs is 3.